The highest BCUT2D eigenvalue weighted by molar-refractivity contribution is 7.80. The van der Waals surface area contributed by atoms with Crippen molar-refractivity contribution in [3.63, 3.8) is 0 Å². The van der Waals surface area contributed by atoms with Crippen molar-refractivity contribution < 1.29 is 14.3 Å². The van der Waals surface area contributed by atoms with Gasteiger partial charge in [-0.05, 0) is 76.0 Å². The van der Waals surface area contributed by atoms with Crippen molar-refractivity contribution in [3.8, 4) is 0 Å². The third-order valence-electron chi connectivity index (χ3n) is 6.14. The molecular formula is C24H25BCl2N2O3S. The van der Waals surface area contributed by atoms with E-state index in [0.717, 1.165) is 23.9 Å². The number of hydrogen-bond acceptors (Lipinski definition) is 4. The van der Waals surface area contributed by atoms with E-state index >= 15 is 0 Å². The Morgan fingerprint density at radius 3 is 2.33 bits per heavy atom. The van der Waals surface area contributed by atoms with Gasteiger partial charge in [0, 0.05) is 16.0 Å². The van der Waals surface area contributed by atoms with Crippen molar-refractivity contribution in [2.24, 2.45) is 0 Å². The van der Waals surface area contributed by atoms with E-state index in [9.17, 15) is 9.59 Å². The maximum Gasteiger partial charge on any atom is 0.417 e. The highest BCUT2D eigenvalue weighted by atomic mass is 35.5. The van der Waals surface area contributed by atoms with E-state index in [4.69, 9.17) is 40.2 Å². The first-order valence-corrected chi connectivity index (χ1v) is 12.0. The van der Waals surface area contributed by atoms with E-state index < -0.39 is 17.2 Å². The summed E-state index contributed by atoms with van der Waals surface area (Å²) in [6.45, 7) is 5.37. The van der Waals surface area contributed by atoms with Crippen LogP contribution in [0.2, 0.25) is 10.0 Å². The second kappa shape index (κ2) is 8.60. The molecule has 1 aliphatic carbocycles. The molecule has 0 unspecified atom stereocenters. The largest absolute Gasteiger partial charge is 0.443 e. The van der Waals surface area contributed by atoms with Crippen molar-refractivity contribution in [2.75, 3.05) is 4.90 Å². The number of carbonyl (C=O) groups excluding carboxylic acids is 2. The molecule has 0 aromatic heterocycles. The van der Waals surface area contributed by atoms with E-state index in [2.05, 4.69) is 0 Å². The van der Waals surface area contributed by atoms with Crippen LogP contribution in [0.5, 0.6) is 0 Å². The second-order valence-electron chi connectivity index (χ2n) is 9.65. The lowest BCUT2D eigenvalue weighted by Gasteiger charge is -2.37. The smallest absolute Gasteiger partial charge is 0.417 e. The number of carbonyl (C=O) groups is 2. The molecular weight excluding hydrogens is 478 g/mol. The SMILES string of the molecule is Bc1ccc([C@@H]2CCC[C@]23C(=O)N(c2cc(Cl)cc(Cl)c2)C(=S)N3C(=O)OC(C)(C)C)cc1. The van der Waals surface area contributed by atoms with Crippen LogP contribution in [0, 0.1) is 0 Å². The predicted octanol–water partition coefficient (Wildman–Crippen LogP) is 4.83. The zero-order valence-electron chi connectivity index (χ0n) is 19.0. The number of anilines is 1. The number of hydrogen-bond donors (Lipinski definition) is 0. The van der Waals surface area contributed by atoms with Crippen LogP contribution in [0.1, 0.15) is 51.5 Å². The van der Waals surface area contributed by atoms with Gasteiger partial charge in [0.05, 0.1) is 5.69 Å². The lowest BCUT2D eigenvalue weighted by Crippen LogP contribution is -2.55. The molecule has 2 atom stereocenters. The number of thiocarbonyl (C=S) groups is 1. The molecule has 9 heteroatoms. The van der Waals surface area contributed by atoms with E-state index in [1.165, 1.54) is 9.80 Å². The summed E-state index contributed by atoms with van der Waals surface area (Å²) in [5.74, 6) is -0.490. The molecule has 2 aromatic carbocycles. The molecule has 1 aliphatic heterocycles. The van der Waals surface area contributed by atoms with Crippen molar-refractivity contribution in [1.82, 2.24) is 4.90 Å². The van der Waals surface area contributed by atoms with E-state index in [-0.39, 0.29) is 16.9 Å². The quantitative estimate of drug-likeness (QED) is 0.436. The molecule has 4 rings (SSSR count). The Kier molecular flexibility index (Phi) is 6.27. The monoisotopic (exact) mass is 502 g/mol. The lowest BCUT2D eigenvalue weighted by atomic mass is 9.79. The van der Waals surface area contributed by atoms with Crippen molar-refractivity contribution in [3.05, 3.63) is 58.1 Å². The van der Waals surface area contributed by atoms with Crippen molar-refractivity contribution in [1.29, 1.82) is 0 Å². The zero-order valence-corrected chi connectivity index (χ0v) is 21.4. The van der Waals surface area contributed by atoms with Gasteiger partial charge in [0.1, 0.15) is 19.0 Å². The van der Waals surface area contributed by atoms with Crippen LogP contribution in [-0.2, 0) is 9.53 Å². The van der Waals surface area contributed by atoms with Crippen LogP contribution < -0.4 is 10.4 Å². The van der Waals surface area contributed by atoms with Gasteiger partial charge in [-0.25, -0.2) is 9.69 Å². The number of ether oxygens (including phenoxy) is 1. The van der Waals surface area contributed by atoms with E-state index in [1.54, 1.807) is 39.0 Å². The van der Waals surface area contributed by atoms with E-state index in [0.29, 0.717) is 22.2 Å². The summed E-state index contributed by atoms with van der Waals surface area (Å²) < 4.78 is 5.73. The maximum absolute atomic E-state index is 14.2. The minimum atomic E-state index is -1.18. The molecule has 2 amide bonds. The standard InChI is InChI=1S/C24H25BCl2N2O3S/c1-23(2,3)32-22(31)29-21(33)28(18-12-16(26)11-17(27)13-18)20(30)24(29)10-4-5-19(24)14-6-8-15(25)9-7-14/h6-9,11-13,19H,4-5,10,25H2,1-3H3/t19-,24+/m0/s1. The van der Waals surface area contributed by atoms with Gasteiger partial charge in [-0.15, -0.1) is 0 Å². The first-order valence-electron chi connectivity index (χ1n) is 10.9. The molecule has 33 heavy (non-hydrogen) atoms. The second-order valence-corrected chi connectivity index (χ2v) is 10.9. The minimum absolute atomic E-state index is 0.0756. The highest BCUT2D eigenvalue weighted by Crippen LogP contribution is 2.52. The Morgan fingerprint density at radius 1 is 1.15 bits per heavy atom. The number of halogens is 2. The average molecular weight is 503 g/mol. The number of amides is 2. The van der Waals surface area contributed by atoms with Gasteiger partial charge < -0.3 is 4.74 Å². The van der Waals surface area contributed by atoms with Gasteiger partial charge in [0.2, 0.25) is 0 Å². The Bertz CT molecular complexity index is 1120. The zero-order chi connectivity index (χ0) is 24.1. The maximum atomic E-state index is 14.2. The van der Waals surface area contributed by atoms with Gasteiger partial charge >= 0.3 is 6.09 Å². The summed E-state index contributed by atoms with van der Waals surface area (Å²) in [7, 11) is 2.02. The average Bonchev–Trinajstić information content (AvgIpc) is 3.20. The minimum Gasteiger partial charge on any atom is -0.443 e. The van der Waals surface area contributed by atoms with Gasteiger partial charge in [-0.3, -0.25) is 9.69 Å². The van der Waals surface area contributed by atoms with Gasteiger partial charge in [-0.2, -0.15) is 0 Å². The molecule has 1 saturated heterocycles. The summed E-state index contributed by atoms with van der Waals surface area (Å²) in [6.07, 6.45) is 1.38. The topological polar surface area (TPSA) is 49.9 Å². The van der Waals surface area contributed by atoms with Crippen LogP contribution in [0.4, 0.5) is 10.5 Å². The van der Waals surface area contributed by atoms with E-state index in [1.807, 2.05) is 32.1 Å². The third-order valence-corrected chi connectivity index (χ3v) is 6.95. The molecule has 2 aliphatic rings. The molecule has 1 spiro atoms. The van der Waals surface area contributed by atoms with Crippen LogP contribution >= 0.6 is 35.4 Å². The van der Waals surface area contributed by atoms with Crippen molar-refractivity contribution in [2.45, 2.75) is 57.1 Å². The molecule has 172 valence electrons. The van der Waals surface area contributed by atoms with Gasteiger partial charge in [-0.1, -0.05) is 52.9 Å². The summed E-state index contributed by atoms with van der Waals surface area (Å²) in [4.78, 5) is 30.5. The summed E-state index contributed by atoms with van der Waals surface area (Å²) >= 11 is 18.2. The molecule has 0 radical (unpaired) electrons. The fourth-order valence-electron chi connectivity index (χ4n) is 4.84. The normalized spacial score (nSPS) is 23.0. The van der Waals surface area contributed by atoms with Gasteiger partial charge in [0.25, 0.3) is 5.91 Å². The van der Waals surface area contributed by atoms with Crippen LogP contribution in [0.25, 0.3) is 0 Å². The van der Waals surface area contributed by atoms with Crippen LogP contribution in [-0.4, -0.2) is 41.0 Å². The summed E-state index contributed by atoms with van der Waals surface area (Å²) in [5.41, 5.74) is 0.625. The van der Waals surface area contributed by atoms with Crippen molar-refractivity contribution >= 4 is 71.5 Å². The lowest BCUT2D eigenvalue weighted by molar-refractivity contribution is -0.125. The number of rotatable bonds is 2. The Hall–Kier alpha value is -2.09. The van der Waals surface area contributed by atoms with Crippen LogP contribution in [0.3, 0.4) is 0 Å². The third kappa shape index (κ3) is 4.27. The Balaban J connectivity index is 1.87. The molecule has 5 nitrogen and oxygen atoms in total. The molecule has 1 heterocycles. The number of benzene rings is 2. The molecule has 0 N–H and O–H groups in total. The molecule has 2 fully saturated rings. The van der Waals surface area contributed by atoms with Crippen LogP contribution in [0.15, 0.2) is 42.5 Å². The van der Waals surface area contributed by atoms with Gasteiger partial charge in [0.15, 0.2) is 5.11 Å². The highest BCUT2D eigenvalue weighted by Gasteiger charge is 2.64. The molecule has 2 aromatic rings. The summed E-state index contributed by atoms with van der Waals surface area (Å²) in [6, 6.07) is 12.9. The fourth-order valence-corrected chi connectivity index (χ4v) is 5.79. The Morgan fingerprint density at radius 2 is 1.76 bits per heavy atom. The molecule has 1 saturated carbocycles. The fraction of sp³-hybridized carbons (Fsp3) is 0.375. The summed E-state index contributed by atoms with van der Waals surface area (Å²) in [5, 5.41) is 0.824. The molecule has 0 bridgehead atoms. The Labute approximate surface area is 210 Å². The first kappa shape index (κ1) is 24.1. The number of nitrogens with zero attached hydrogens (tertiary/aromatic N) is 2. The first-order chi connectivity index (χ1) is 15.4. The predicted molar refractivity (Wildman–Crippen MR) is 139 cm³/mol.